The molecule has 0 radical (unpaired) electrons. The normalized spacial score (nSPS) is 20.2. The minimum Gasteiger partial charge on any atom is -0.337 e. The number of carbonyl (C=O) groups is 1. The third-order valence-electron chi connectivity index (χ3n) is 2.68. The van der Waals surface area contributed by atoms with Gasteiger partial charge < -0.3 is 10.6 Å². The number of likely N-dealkylation sites (tertiary alicyclic amines) is 1. The van der Waals surface area contributed by atoms with Crippen molar-refractivity contribution in [2.75, 3.05) is 13.1 Å². The van der Waals surface area contributed by atoms with E-state index in [0.717, 1.165) is 6.42 Å². The number of carbonyl (C=O) groups excluding carboxylic acids is 1. The summed E-state index contributed by atoms with van der Waals surface area (Å²) < 4.78 is 0. The van der Waals surface area contributed by atoms with E-state index >= 15 is 0 Å². The molecule has 1 amide bonds. The van der Waals surface area contributed by atoms with Crippen LogP contribution in [0.15, 0.2) is 18.2 Å². The summed E-state index contributed by atoms with van der Waals surface area (Å²) in [5.74, 6) is -0.0356. The van der Waals surface area contributed by atoms with Gasteiger partial charge in [-0.3, -0.25) is 4.79 Å². The third kappa shape index (κ3) is 2.32. The number of hydrogen-bond acceptors (Lipinski definition) is 2. The van der Waals surface area contributed by atoms with E-state index in [-0.39, 0.29) is 11.9 Å². The fourth-order valence-electron chi connectivity index (χ4n) is 1.78. The fourth-order valence-corrected chi connectivity index (χ4v) is 2.08. The summed E-state index contributed by atoms with van der Waals surface area (Å²) in [6.07, 6.45) is 0.854. The number of halogens is 2. The average molecular weight is 259 g/mol. The molecule has 1 fully saturated rings. The lowest BCUT2D eigenvalue weighted by atomic mass is 10.2. The van der Waals surface area contributed by atoms with Gasteiger partial charge in [-0.25, -0.2) is 0 Å². The molecular weight excluding hydrogens is 247 g/mol. The van der Waals surface area contributed by atoms with E-state index in [2.05, 4.69) is 0 Å². The van der Waals surface area contributed by atoms with E-state index in [0.29, 0.717) is 28.7 Å². The van der Waals surface area contributed by atoms with Gasteiger partial charge in [-0.15, -0.1) is 0 Å². The van der Waals surface area contributed by atoms with Crippen molar-refractivity contribution in [2.24, 2.45) is 5.73 Å². The lowest BCUT2D eigenvalue weighted by molar-refractivity contribution is 0.0791. The first-order chi connectivity index (χ1) is 7.58. The van der Waals surface area contributed by atoms with Gasteiger partial charge in [0.1, 0.15) is 0 Å². The summed E-state index contributed by atoms with van der Waals surface area (Å²) in [6, 6.07) is 5.00. The Kier molecular flexibility index (Phi) is 3.38. The first-order valence-corrected chi connectivity index (χ1v) is 5.83. The molecule has 3 nitrogen and oxygen atoms in total. The second kappa shape index (κ2) is 4.62. The SMILES string of the molecule is N[C@H]1CCN(C(=O)c2ccc(Cl)c(Cl)c2)C1. The van der Waals surface area contributed by atoms with Gasteiger partial charge >= 0.3 is 0 Å². The van der Waals surface area contributed by atoms with Gasteiger partial charge in [0.05, 0.1) is 10.0 Å². The first-order valence-electron chi connectivity index (χ1n) is 5.08. The predicted octanol–water partition coefficient (Wildman–Crippen LogP) is 2.17. The van der Waals surface area contributed by atoms with E-state index in [9.17, 15) is 4.79 Å². The summed E-state index contributed by atoms with van der Waals surface area (Å²) in [6.45, 7) is 1.32. The molecule has 1 atom stereocenters. The highest BCUT2D eigenvalue weighted by Gasteiger charge is 2.24. The van der Waals surface area contributed by atoms with E-state index < -0.39 is 0 Å². The lowest BCUT2D eigenvalue weighted by Crippen LogP contribution is -2.31. The Bertz CT molecular complexity index is 422. The van der Waals surface area contributed by atoms with Crippen molar-refractivity contribution in [1.29, 1.82) is 0 Å². The topological polar surface area (TPSA) is 46.3 Å². The van der Waals surface area contributed by atoms with Crippen LogP contribution < -0.4 is 5.73 Å². The zero-order chi connectivity index (χ0) is 11.7. The quantitative estimate of drug-likeness (QED) is 0.840. The summed E-state index contributed by atoms with van der Waals surface area (Å²) in [5.41, 5.74) is 6.31. The second-order valence-corrected chi connectivity index (χ2v) is 4.74. The lowest BCUT2D eigenvalue weighted by Gasteiger charge is -2.15. The van der Waals surface area contributed by atoms with Crippen LogP contribution in [-0.2, 0) is 0 Å². The first kappa shape index (κ1) is 11.7. The molecular formula is C11H12Cl2N2O. The van der Waals surface area contributed by atoms with Gasteiger partial charge in [-0.1, -0.05) is 23.2 Å². The number of amides is 1. The Morgan fingerprint density at radius 1 is 1.38 bits per heavy atom. The molecule has 86 valence electrons. The van der Waals surface area contributed by atoms with Crippen LogP contribution in [0.2, 0.25) is 10.0 Å². The van der Waals surface area contributed by atoms with E-state index in [1.54, 1.807) is 23.1 Å². The Labute approximate surface area is 104 Å². The van der Waals surface area contributed by atoms with Crippen LogP contribution in [0.1, 0.15) is 16.8 Å². The van der Waals surface area contributed by atoms with Crippen molar-refractivity contribution < 1.29 is 4.79 Å². The summed E-state index contributed by atoms with van der Waals surface area (Å²) in [5, 5.41) is 0.854. The molecule has 0 unspecified atom stereocenters. The van der Waals surface area contributed by atoms with E-state index in [1.165, 1.54) is 0 Å². The maximum absolute atomic E-state index is 12.0. The molecule has 0 aliphatic carbocycles. The Morgan fingerprint density at radius 3 is 2.69 bits per heavy atom. The van der Waals surface area contributed by atoms with Crippen LogP contribution in [0.5, 0.6) is 0 Å². The van der Waals surface area contributed by atoms with Crippen LogP contribution in [-0.4, -0.2) is 29.9 Å². The maximum Gasteiger partial charge on any atom is 0.253 e. The van der Waals surface area contributed by atoms with Crippen LogP contribution in [0, 0.1) is 0 Å². The van der Waals surface area contributed by atoms with Crippen LogP contribution in [0.25, 0.3) is 0 Å². The molecule has 0 aromatic heterocycles. The second-order valence-electron chi connectivity index (χ2n) is 3.93. The van der Waals surface area contributed by atoms with Gasteiger partial charge in [0.25, 0.3) is 5.91 Å². The van der Waals surface area contributed by atoms with Crippen molar-refractivity contribution in [1.82, 2.24) is 4.90 Å². The number of rotatable bonds is 1. The molecule has 1 heterocycles. The predicted molar refractivity (Wildman–Crippen MR) is 65.0 cm³/mol. The molecule has 1 aliphatic heterocycles. The summed E-state index contributed by atoms with van der Waals surface area (Å²) in [7, 11) is 0. The average Bonchev–Trinajstić information content (AvgIpc) is 2.68. The Balaban J connectivity index is 2.18. The Morgan fingerprint density at radius 2 is 2.12 bits per heavy atom. The molecule has 2 N–H and O–H groups in total. The van der Waals surface area contributed by atoms with Gasteiger partial charge in [-0.05, 0) is 24.6 Å². The summed E-state index contributed by atoms with van der Waals surface area (Å²) >= 11 is 11.7. The minimum atomic E-state index is -0.0356. The smallest absolute Gasteiger partial charge is 0.253 e. The zero-order valence-corrected chi connectivity index (χ0v) is 10.1. The van der Waals surface area contributed by atoms with E-state index in [4.69, 9.17) is 28.9 Å². The monoisotopic (exact) mass is 258 g/mol. The molecule has 5 heteroatoms. The van der Waals surface area contributed by atoms with Crippen LogP contribution in [0.4, 0.5) is 0 Å². The molecule has 0 bridgehead atoms. The molecule has 2 rings (SSSR count). The molecule has 0 saturated carbocycles. The van der Waals surface area contributed by atoms with Crippen molar-refractivity contribution >= 4 is 29.1 Å². The maximum atomic E-state index is 12.0. The number of nitrogens with zero attached hydrogens (tertiary/aromatic N) is 1. The number of nitrogens with two attached hydrogens (primary N) is 1. The van der Waals surface area contributed by atoms with Crippen LogP contribution >= 0.6 is 23.2 Å². The van der Waals surface area contributed by atoms with Crippen molar-refractivity contribution in [3.05, 3.63) is 33.8 Å². The van der Waals surface area contributed by atoms with Gasteiger partial charge in [0.15, 0.2) is 0 Å². The fraction of sp³-hybridized carbons (Fsp3) is 0.364. The highest BCUT2D eigenvalue weighted by molar-refractivity contribution is 6.42. The van der Waals surface area contributed by atoms with Crippen LogP contribution in [0.3, 0.4) is 0 Å². The van der Waals surface area contributed by atoms with Gasteiger partial charge in [-0.2, -0.15) is 0 Å². The number of benzene rings is 1. The van der Waals surface area contributed by atoms with Gasteiger partial charge in [0, 0.05) is 24.7 Å². The van der Waals surface area contributed by atoms with Crippen molar-refractivity contribution in [2.45, 2.75) is 12.5 Å². The Hall–Kier alpha value is -0.770. The molecule has 16 heavy (non-hydrogen) atoms. The standard InChI is InChI=1S/C11H12Cl2N2O/c12-9-2-1-7(5-10(9)13)11(16)15-4-3-8(14)6-15/h1-2,5,8H,3-4,6,14H2/t8-/m0/s1. The third-order valence-corrected chi connectivity index (χ3v) is 3.42. The zero-order valence-electron chi connectivity index (χ0n) is 8.62. The minimum absolute atomic E-state index is 0.0356. The van der Waals surface area contributed by atoms with Crippen molar-refractivity contribution in [3.8, 4) is 0 Å². The number of hydrogen-bond donors (Lipinski definition) is 1. The highest BCUT2D eigenvalue weighted by atomic mass is 35.5. The largest absolute Gasteiger partial charge is 0.337 e. The van der Waals surface area contributed by atoms with Crippen molar-refractivity contribution in [3.63, 3.8) is 0 Å². The summed E-state index contributed by atoms with van der Waals surface area (Å²) in [4.78, 5) is 13.8. The molecule has 1 saturated heterocycles. The molecule has 0 spiro atoms. The molecule has 1 aromatic carbocycles. The molecule has 1 aromatic rings. The van der Waals surface area contributed by atoms with E-state index in [1.807, 2.05) is 0 Å². The highest BCUT2D eigenvalue weighted by Crippen LogP contribution is 2.23. The molecule has 1 aliphatic rings. The van der Waals surface area contributed by atoms with Gasteiger partial charge in [0.2, 0.25) is 0 Å².